The molecule has 2 rings (SSSR count). The molecule has 5 nitrogen and oxygen atoms in total. The molecule has 0 bridgehead atoms. The molecule has 0 aromatic heterocycles. The molecule has 0 saturated carbocycles. The topological polar surface area (TPSA) is 69.4 Å². The number of thioether (sulfide) groups is 1. The van der Waals surface area contributed by atoms with Gasteiger partial charge in [0.05, 0.1) is 10.5 Å². The molecular formula is C17H17NO4S. The quantitative estimate of drug-likeness (QED) is 0.351. The summed E-state index contributed by atoms with van der Waals surface area (Å²) < 4.78 is 5.57. The van der Waals surface area contributed by atoms with Gasteiger partial charge in [-0.05, 0) is 49.9 Å². The molecule has 0 aliphatic rings. The predicted molar refractivity (Wildman–Crippen MR) is 89.8 cm³/mol. The largest absolute Gasteiger partial charge is 0.451 e. The lowest BCUT2D eigenvalue weighted by molar-refractivity contribution is -0.384. The maximum atomic E-state index is 12.2. The first kappa shape index (κ1) is 17.0. The number of non-ortho nitro benzene ring substituents is 1. The van der Waals surface area contributed by atoms with E-state index >= 15 is 0 Å². The van der Waals surface area contributed by atoms with Gasteiger partial charge in [0.1, 0.15) is 5.60 Å². The van der Waals surface area contributed by atoms with Gasteiger partial charge in [0.25, 0.3) is 5.69 Å². The molecule has 0 saturated heterocycles. The van der Waals surface area contributed by atoms with E-state index in [0.717, 1.165) is 10.5 Å². The van der Waals surface area contributed by atoms with Crippen LogP contribution in [0, 0.1) is 10.1 Å². The maximum Gasteiger partial charge on any atom is 0.339 e. The number of carbonyl (C=O) groups excluding carboxylic acids is 1. The van der Waals surface area contributed by atoms with E-state index in [9.17, 15) is 14.9 Å². The molecule has 0 fully saturated rings. The summed E-state index contributed by atoms with van der Waals surface area (Å²) in [6, 6.07) is 13.2. The third kappa shape index (κ3) is 4.10. The van der Waals surface area contributed by atoms with Crippen molar-refractivity contribution in [2.45, 2.75) is 24.3 Å². The lowest BCUT2D eigenvalue weighted by Gasteiger charge is -2.26. The smallest absolute Gasteiger partial charge is 0.339 e. The molecule has 0 atom stereocenters. The second kappa shape index (κ2) is 6.83. The highest BCUT2D eigenvalue weighted by Gasteiger charge is 2.26. The van der Waals surface area contributed by atoms with Gasteiger partial charge < -0.3 is 4.74 Å². The lowest BCUT2D eigenvalue weighted by Crippen LogP contribution is -2.25. The molecule has 0 aliphatic carbocycles. The van der Waals surface area contributed by atoms with E-state index in [-0.39, 0.29) is 11.3 Å². The SMILES string of the molecule is CSc1ccc(C(C)(C)OC(=O)c2ccc([N+](=O)[O-])cc2)cc1. The van der Waals surface area contributed by atoms with Gasteiger partial charge in [-0.3, -0.25) is 10.1 Å². The van der Waals surface area contributed by atoms with Gasteiger partial charge in [0, 0.05) is 17.0 Å². The number of nitro groups is 1. The van der Waals surface area contributed by atoms with E-state index in [1.54, 1.807) is 11.8 Å². The van der Waals surface area contributed by atoms with Crippen molar-refractivity contribution in [2.24, 2.45) is 0 Å². The minimum atomic E-state index is -0.796. The maximum absolute atomic E-state index is 12.2. The van der Waals surface area contributed by atoms with E-state index in [4.69, 9.17) is 4.74 Å². The van der Waals surface area contributed by atoms with Crippen LogP contribution in [-0.2, 0) is 10.3 Å². The van der Waals surface area contributed by atoms with Crippen molar-refractivity contribution >= 4 is 23.4 Å². The molecule has 2 aromatic rings. The Hall–Kier alpha value is -2.34. The van der Waals surface area contributed by atoms with E-state index in [2.05, 4.69) is 0 Å². The third-order valence-corrected chi connectivity index (χ3v) is 4.19. The van der Waals surface area contributed by atoms with Crippen molar-refractivity contribution in [1.82, 2.24) is 0 Å². The van der Waals surface area contributed by atoms with E-state index in [0.29, 0.717) is 0 Å². The lowest BCUT2D eigenvalue weighted by atomic mass is 9.98. The average Bonchev–Trinajstić information content (AvgIpc) is 2.54. The molecule has 0 spiro atoms. The van der Waals surface area contributed by atoms with Crippen molar-refractivity contribution < 1.29 is 14.5 Å². The van der Waals surface area contributed by atoms with Gasteiger partial charge in [-0.1, -0.05) is 12.1 Å². The molecule has 120 valence electrons. The van der Waals surface area contributed by atoms with E-state index < -0.39 is 16.5 Å². The van der Waals surface area contributed by atoms with Crippen molar-refractivity contribution in [1.29, 1.82) is 0 Å². The Labute approximate surface area is 138 Å². The van der Waals surface area contributed by atoms with Gasteiger partial charge in [-0.2, -0.15) is 0 Å². The molecule has 0 N–H and O–H groups in total. The number of benzene rings is 2. The second-order valence-corrected chi connectivity index (χ2v) is 6.31. The Bertz CT molecular complexity index is 708. The van der Waals surface area contributed by atoms with Crippen molar-refractivity contribution in [3.63, 3.8) is 0 Å². The molecule has 0 radical (unpaired) electrons. The zero-order valence-corrected chi connectivity index (χ0v) is 13.9. The Kier molecular flexibility index (Phi) is 5.05. The van der Waals surface area contributed by atoms with Gasteiger partial charge in [0.2, 0.25) is 0 Å². The van der Waals surface area contributed by atoms with Gasteiger partial charge in [-0.15, -0.1) is 11.8 Å². The van der Waals surface area contributed by atoms with Crippen LogP contribution in [0.4, 0.5) is 5.69 Å². The average molecular weight is 331 g/mol. The van der Waals surface area contributed by atoms with E-state index in [1.165, 1.54) is 24.3 Å². The summed E-state index contributed by atoms with van der Waals surface area (Å²) in [4.78, 5) is 23.5. The van der Waals surface area contributed by atoms with Crippen molar-refractivity contribution in [3.8, 4) is 0 Å². The molecule has 0 heterocycles. The van der Waals surface area contributed by atoms with Crippen LogP contribution in [0.15, 0.2) is 53.4 Å². The standard InChI is InChI=1S/C17H17NO4S/c1-17(2,13-6-10-15(23-3)11-7-13)22-16(19)12-4-8-14(9-5-12)18(20)21/h4-11H,1-3H3. The van der Waals surface area contributed by atoms with Gasteiger partial charge in [-0.25, -0.2) is 4.79 Å². The van der Waals surface area contributed by atoms with Crippen molar-refractivity contribution in [2.75, 3.05) is 6.26 Å². The number of nitro benzene ring substituents is 1. The zero-order valence-electron chi connectivity index (χ0n) is 13.1. The summed E-state index contributed by atoms with van der Waals surface area (Å²) in [6.07, 6.45) is 1.99. The number of ether oxygens (including phenoxy) is 1. The predicted octanol–water partition coefficient (Wildman–Crippen LogP) is 4.41. The number of carbonyl (C=O) groups is 1. The number of esters is 1. The van der Waals surface area contributed by atoms with Crippen LogP contribution in [0.1, 0.15) is 29.8 Å². The normalized spacial score (nSPS) is 11.1. The van der Waals surface area contributed by atoms with Crippen LogP contribution < -0.4 is 0 Å². The Morgan fingerprint density at radius 2 is 1.65 bits per heavy atom. The summed E-state index contributed by atoms with van der Waals surface area (Å²) >= 11 is 1.64. The molecule has 0 aliphatic heterocycles. The zero-order chi connectivity index (χ0) is 17.0. The first-order valence-corrected chi connectivity index (χ1v) is 8.18. The van der Waals surface area contributed by atoms with Gasteiger partial charge in [0.15, 0.2) is 0 Å². The Morgan fingerprint density at radius 3 is 2.13 bits per heavy atom. The molecule has 0 unspecified atom stereocenters. The number of nitrogens with zero attached hydrogens (tertiary/aromatic N) is 1. The van der Waals surface area contributed by atoms with Crippen LogP contribution in [0.5, 0.6) is 0 Å². The fourth-order valence-electron chi connectivity index (χ4n) is 2.06. The molecule has 6 heteroatoms. The highest BCUT2D eigenvalue weighted by molar-refractivity contribution is 7.98. The number of hydrogen-bond donors (Lipinski definition) is 0. The number of hydrogen-bond acceptors (Lipinski definition) is 5. The van der Waals surface area contributed by atoms with Gasteiger partial charge >= 0.3 is 5.97 Å². The first-order chi connectivity index (χ1) is 10.8. The molecule has 2 aromatic carbocycles. The van der Waals surface area contributed by atoms with Crippen LogP contribution in [0.25, 0.3) is 0 Å². The third-order valence-electron chi connectivity index (χ3n) is 3.45. The molecule has 0 amide bonds. The summed E-state index contributed by atoms with van der Waals surface area (Å²) in [5.74, 6) is -0.515. The van der Waals surface area contributed by atoms with E-state index in [1.807, 2.05) is 44.4 Å². The summed E-state index contributed by atoms with van der Waals surface area (Å²) in [6.45, 7) is 3.62. The van der Waals surface area contributed by atoms with Crippen LogP contribution >= 0.6 is 11.8 Å². The van der Waals surface area contributed by atoms with Crippen molar-refractivity contribution in [3.05, 3.63) is 69.8 Å². The first-order valence-electron chi connectivity index (χ1n) is 6.96. The highest BCUT2D eigenvalue weighted by atomic mass is 32.2. The monoisotopic (exact) mass is 331 g/mol. The molecule has 23 heavy (non-hydrogen) atoms. The van der Waals surface area contributed by atoms with Crippen LogP contribution in [0.3, 0.4) is 0 Å². The summed E-state index contributed by atoms with van der Waals surface area (Å²) in [5, 5.41) is 10.6. The highest BCUT2D eigenvalue weighted by Crippen LogP contribution is 2.28. The summed E-state index contributed by atoms with van der Waals surface area (Å²) in [5.41, 5.74) is 0.305. The number of rotatable bonds is 5. The fraction of sp³-hybridized carbons (Fsp3) is 0.235. The minimum Gasteiger partial charge on any atom is -0.451 e. The minimum absolute atomic E-state index is 0.0616. The fourth-order valence-corrected chi connectivity index (χ4v) is 2.47. The Balaban J connectivity index is 2.14. The summed E-state index contributed by atoms with van der Waals surface area (Å²) in [7, 11) is 0. The van der Waals surface area contributed by atoms with Crippen LogP contribution in [-0.4, -0.2) is 17.1 Å². The van der Waals surface area contributed by atoms with Crippen LogP contribution in [0.2, 0.25) is 0 Å². The molecular weight excluding hydrogens is 314 g/mol. The second-order valence-electron chi connectivity index (χ2n) is 5.43. The Morgan fingerprint density at radius 1 is 1.09 bits per heavy atom.